The Morgan fingerprint density at radius 3 is 2.29 bits per heavy atom. The fourth-order valence-electron chi connectivity index (χ4n) is 1.37. The van der Waals surface area contributed by atoms with Crippen molar-refractivity contribution in [3.8, 4) is 0 Å². The van der Waals surface area contributed by atoms with E-state index in [-0.39, 0.29) is 0 Å². The highest BCUT2D eigenvalue weighted by atomic mass is 16.7. The van der Waals surface area contributed by atoms with Gasteiger partial charge in [-0.15, -0.1) is 0 Å². The molecule has 0 aliphatic carbocycles. The Kier molecular flexibility index (Phi) is 4.24. The van der Waals surface area contributed by atoms with Gasteiger partial charge in [0, 0.05) is 6.61 Å². The SMILES string of the molecule is CCO[C@@H]1O[C@H](CO)C(O)[C@H](O)C1O. The van der Waals surface area contributed by atoms with Gasteiger partial charge in [0.15, 0.2) is 6.29 Å². The minimum atomic E-state index is -1.36. The zero-order chi connectivity index (χ0) is 10.7. The predicted molar refractivity (Wildman–Crippen MR) is 45.4 cm³/mol. The van der Waals surface area contributed by atoms with Gasteiger partial charge in [0.25, 0.3) is 0 Å². The van der Waals surface area contributed by atoms with Gasteiger partial charge in [-0.25, -0.2) is 0 Å². The number of rotatable bonds is 3. The van der Waals surface area contributed by atoms with Crippen LogP contribution >= 0.6 is 0 Å². The average Bonchev–Trinajstić information content (AvgIpc) is 2.19. The normalized spacial score (nSPS) is 43.9. The molecule has 2 unspecified atom stereocenters. The Morgan fingerprint density at radius 2 is 1.79 bits per heavy atom. The van der Waals surface area contributed by atoms with Crippen LogP contribution in [0.2, 0.25) is 0 Å². The zero-order valence-corrected chi connectivity index (χ0v) is 7.91. The second-order valence-electron chi connectivity index (χ2n) is 3.15. The maximum absolute atomic E-state index is 9.41. The molecule has 0 spiro atoms. The Bertz CT molecular complexity index is 171. The van der Waals surface area contributed by atoms with Gasteiger partial charge < -0.3 is 29.9 Å². The molecule has 0 amide bonds. The lowest BCUT2D eigenvalue weighted by Crippen LogP contribution is -2.59. The van der Waals surface area contributed by atoms with Crippen LogP contribution in [0.1, 0.15) is 6.92 Å². The van der Waals surface area contributed by atoms with Crippen LogP contribution in [0.4, 0.5) is 0 Å². The summed E-state index contributed by atoms with van der Waals surface area (Å²) >= 11 is 0. The highest BCUT2D eigenvalue weighted by Crippen LogP contribution is 2.21. The number of hydrogen-bond acceptors (Lipinski definition) is 6. The van der Waals surface area contributed by atoms with Gasteiger partial charge in [-0.05, 0) is 6.92 Å². The maximum atomic E-state index is 9.41. The molecular formula is C8H16O6. The summed E-state index contributed by atoms with van der Waals surface area (Å²) < 4.78 is 10.0. The quantitative estimate of drug-likeness (QED) is 0.421. The average molecular weight is 208 g/mol. The van der Waals surface area contributed by atoms with Crippen molar-refractivity contribution in [1.29, 1.82) is 0 Å². The molecule has 0 aromatic heterocycles. The van der Waals surface area contributed by atoms with Crippen LogP contribution in [0, 0.1) is 0 Å². The van der Waals surface area contributed by atoms with E-state index >= 15 is 0 Å². The maximum Gasteiger partial charge on any atom is 0.186 e. The van der Waals surface area contributed by atoms with Crippen molar-refractivity contribution in [2.45, 2.75) is 37.6 Å². The summed E-state index contributed by atoms with van der Waals surface area (Å²) in [7, 11) is 0. The Hall–Kier alpha value is -0.240. The first kappa shape index (κ1) is 11.8. The van der Waals surface area contributed by atoms with Gasteiger partial charge >= 0.3 is 0 Å². The van der Waals surface area contributed by atoms with E-state index in [0.29, 0.717) is 6.61 Å². The monoisotopic (exact) mass is 208 g/mol. The van der Waals surface area contributed by atoms with Gasteiger partial charge in [0.1, 0.15) is 24.4 Å². The van der Waals surface area contributed by atoms with Crippen LogP contribution in [0.3, 0.4) is 0 Å². The fraction of sp³-hybridized carbons (Fsp3) is 1.00. The lowest BCUT2D eigenvalue weighted by atomic mass is 9.99. The molecule has 1 aliphatic heterocycles. The van der Waals surface area contributed by atoms with E-state index < -0.39 is 37.3 Å². The molecule has 0 aromatic carbocycles. The number of aliphatic hydroxyl groups is 4. The molecule has 6 heteroatoms. The summed E-state index contributed by atoms with van der Waals surface area (Å²) in [6.07, 6.45) is -5.89. The summed E-state index contributed by atoms with van der Waals surface area (Å²) in [5.41, 5.74) is 0. The van der Waals surface area contributed by atoms with Crippen molar-refractivity contribution in [2.75, 3.05) is 13.2 Å². The van der Waals surface area contributed by atoms with Gasteiger partial charge in [0.05, 0.1) is 6.61 Å². The van der Waals surface area contributed by atoms with Crippen molar-refractivity contribution < 1.29 is 29.9 Å². The zero-order valence-electron chi connectivity index (χ0n) is 7.91. The van der Waals surface area contributed by atoms with Crippen LogP contribution in [-0.4, -0.2) is 64.3 Å². The minimum Gasteiger partial charge on any atom is -0.394 e. The first-order chi connectivity index (χ1) is 6.61. The smallest absolute Gasteiger partial charge is 0.186 e. The van der Waals surface area contributed by atoms with E-state index in [1.165, 1.54) is 0 Å². The highest BCUT2D eigenvalue weighted by Gasteiger charge is 2.43. The Labute approximate surface area is 81.7 Å². The largest absolute Gasteiger partial charge is 0.394 e. The van der Waals surface area contributed by atoms with Gasteiger partial charge in [-0.1, -0.05) is 0 Å². The molecule has 6 nitrogen and oxygen atoms in total. The van der Waals surface area contributed by atoms with Crippen molar-refractivity contribution >= 4 is 0 Å². The van der Waals surface area contributed by atoms with Crippen molar-refractivity contribution in [3.05, 3.63) is 0 Å². The molecule has 0 bridgehead atoms. The van der Waals surface area contributed by atoms with E-state index in [1.807, 2.05) is 0 Å². The number of aliphatic hydroxyl groups excluding tert-OH is 4. The molecule has 0 aromatic rings. The van der Waals surface area contributed by atoms with E-state index in [9.17, 15) is 15.3 Å². The minimum absolute atomic E-state index is 0.308. The van der Waals surface area contributed by atoms with E-state index in [4.69, 9.17) is 14.6 Å². The molecular weight excluding hydrogens is 192 g/mol. The molecule has 1 fully saturated rings. The van der Waals surface area contributed by atoms with Crippen LogP contribution < -0.4 is 0 Å². The van der Waals surface area contributed by atoms with E-state index in [1.54, 1.807) is 6.92 Å². The molecule has 14 heavy (non-hydrogen) atoms. The second kappa shape index (κ2) is 5.01. The molecule has 5 atom stereocenters. The second-order valence-corrected chi connectivity index (χ2v) is 3.15. The standard InChI is InChI=1S/C8H16O6/c1-2-13-8-7(12)6(11)5(10)4(3-9)14-8/h4-12H,2-3H2,1H3/t4-,5?,6+,7?,8-/m1/s1. The van der Waals surface area contributed by atoms with Gasteiger partial charge in [-0.3, -0.25) is 0 Å². The fourth-order valence-corrected chi connectivity index (χ4v) is 1.37. The van der Waals surface area contributed by atoms with E-state index in [2.05, 4.69) is 0 Å². The van der Waals surface area contributed by atoms with Crippen molar-refractivity contribution in [3.63, 3.8) is 0 Å². The Morgan fingerprint density at radius 1 is 1.14 bits per heavy atom. The molecule has 0 radical (unpaired) electrons. The molecule has 4 N–H and O–H groups in total. The molecule has 84 valence electrons. The predicted octanol–water partition coefficient (Wildman–Crippen LogP) is -2.18. The van der Waals surface area contributed by atoms with Gasteiger partial charge in [0.2, 0.25) is 0 Å². The highest BCUT2D eigenvalue weighted by molar-refractivity contribution is 4.88. The topological polar surface area (TPSA) is 99.4 Å². The molecule has 1 saturated heterocycles. The molecule has 1 rings (SSSR count). The summed E-state index contributed by atoms with van der Waals surface area (Å²) in [5, 5.41) is 36.9. The summed E-state index contributed by atoms with van der Waals surface area (Å²) in [6, 6.07) is 0. The molecule has 1 aliphatic rings. The first-order valence-corrected chi connectivity index (χ1v) is 4.54. The molecule has 1 heterocycles. The van der Waals surface area contributed by atoms with Crippen LogP contribution in [-0.2, 0) is 9.47 Å². The lowest BCUT2D eigenvalue weighted by molar-refractivity contribution is -0.300. The number of ether oxygens (including phenoxy) is 2. The van der Waals surface area contributed by atoms with Crippen LogP contribution in [0.25, 0.3) is 0 Å². The van der Waals surface area contributed by atoms with Crippen LogP contribution in [0.15, 0.2) is 0 Å². The van der Waals surface area contributed by atoms with Gasteiger partial charge in [-0.2, -0.15) is 0 Å². The summed E-state index contributed by atoms with van der Waals surface area (Å²) in [5.74, 6) is 0. The first-order valence-electron chi connectivity index (χ1n) is 4.54. The van der Waals surface area contributed by atoms with E-state index in [0.717, 1.165) is 0 Å². The van der Waals surface area contributed by atoms with Crippen molar-refractivity contribution in [1.82, 2.24) is 0 Å². The third kappa shape index (κ3) is 2.22. The van der Waals surface area contributed by atoms with Crippen LogP contribution in [0.5, 0.6) is 0 Å². The Balaban J connectivity index is 2.63. The summed E-state index contributed by atoms with van der Waals surface area (Å²) in [4.78, 5) is 0. The summed E-state index contributed by atoms with van der Waals surface area (Å²) in [6.45, 7) is 1.58. The lowest BCUT2D eigenvalue weighted by Gasteiger charge is -2.39. The third-order valence-corrected chi connectivity index (χ3v) is 2.18. The molecule has 0 saturated carbocycles. The van der Waals surface area contributed by atoms with Crippen molar-refractivity contribution in [2.24, 2.45) is 0 Å². The third-order valence-electron chi connectivity index (χ3n) is 2.18. The number of hydrogen-bond donors (Lipinski definition) is 4.